The van der Waals surface area contributed by atoms with Gasteiger partial charge in [-0.2, -0.15) is 0 Å². The molecule has 0 aliphatic rings. The molecule has 1 amide bonds. The van der Waals surface area contributed by atoms with E-state index in [-0.39, 0.29) is 29.8 Å². The largest absolute Gasteiger partial charge is 0.492 e. The number of sulfonamides is 1. The van der Waals surface area contributed by atoms with E-state index < -0.39 is 16.1 Å². The van der Waals surface area contributed by atoms with Gasteiger partial charge in [0, 0.05) is 14.1 Å². The summed E-state index contributed by atoms with van der Waals surface area (Å²) < 4.78 is 48.9. The van der Waals surface area contributed by atoms with Crippen LogP contribution >= 0.6 is 0 Å². The number of hydrogen-bond donors (Lipinski definition) is 1. The molecule has 1 atom stereocenters. The van der Waals surface area contributed by atoms with Gasteiger partial charge in [-0.05, 0) is 55.5 Å². The first-order valence-electron chi connectivity index (χ1n) is 8.55. The third kappa shape index (κ3) is 5.93. The van der Waals surface area contributed by atoms with E-state index >= 15 is 0 Å². The van der Waals surface area contributed by atoms with Gasteiger partial charge >= 0.3 is 0 Å². The van der Waals surface area contributed by atoms with Crippen LogP contribution in [-0.4, -0.2) is 52.0 Å². The molecule has 28 heavy (non-hydrogen) atoms. The first kappa shape index (κ1) is 21.6. The van der Waals surface area contributed by atoms with Crippen molar-refractivity contribution in [3.63, 3.8) is 0 Å². The average molecular weight is 410 g/mol. The van der Waals surface area contributed by atoms with Crippen molar-refractivity contribution in [3.05, 3.63) is 54.3 Å². The van der Waals surface area contributed by atoms with Crippen molar-refractivity contribution < 1.29 is 27.1 Å². The van der Waals surface area contributed by atoms with Crippen LogP contribution in [0, 0.1) is 5.82 Å². The first-order chi connectivity index (χ1) is 13.2. The van der Waals surface area contributed by atoms with E-state index in [0.29, 0.717) is 11.5 Å². The minimum absolute atomic E-state index is 0.171. The molecule has 9 heteroatoms. The maximum atomic E-state index is 12.9. The quantitative estimate of drug-likeness (QED) is 0.640. The maximum Gasteiger partial charge on any atom is 0.260 e. The van der Waals surface area contributed by atoms with Crippen LogP contribution in [0.5, 0.6) is 11.5 Å². The number of ether oxygens (including phenoxy) is 2. The summed E-state index contributed by atoms with van der Waals surface area (Å²) in [7, 11) is -0.559. The zero-order valence-corrected chi connectivity index (χ0v) is 16.7. The summed E-state index contributed by atoms with van der Waals surface area (Å²) >= 11 is 0. The smallest absolute Gasteiger partial charge is 0.260 e. The Kier molecular flexibility index (Phi) is 7.36. The molecule has 0 saturated carbocycles. The molecule has 2 aromatic rings. The van der Waals surface area contributed by atoms with E-state index in [9.17, 15) is 17.6 Å². The Hall–Kier alpha value is -2.65. The molecule has 0 heterocycles. The van der Waals surface area contributed by atoms with Crippen LogP contribution < -0.4 is 14.8 Å². The van der Waals surface area contributed by atoms with Crippen molar-refractivity contribution in [1.29, 1.82) is 0 Å². The molecule has 0 unspecified atom stereocenters. The third-order valence-electron chi connectivity index (χ3n) is 3.77. The predicted octanol–water partition coefficient (Wildman–Crippen LogP) is 2.04. The van der Waals surface area contributed by atoms with Crippen LogP contribution in [0.4, 0.5) is 4.39 Å². The Morgan fingerprint density at radius 3 is 2.21 bits per heavy atom. The molecule has 0 fully saturated rings. The summed E-state index contributed by atoms with van der Waals surface area (Å²) in [6, 6.07) is 11.4. The summed E-state index contributed by atoms with van der Waals surface area (Å²) in [6.45, 7) is 2.03. The van der Waals surface area contributed by atoms with E-state index in [2.05, 4.69) is 5.32 Å². The van der Waals surface area contributed by atoms with E-state index in [0.717, 1.165) is 4.31 Å². The lowest BCUT2D eigenvalue weighted by Crippen LogP contribution is -2.38. The molecule has 2 rings (SSSR count). The van der Waals surface area contributed by atoms with Crippen LogP contribution in [0.1, 0.15) is 6.92 Å². The highest BCUT2D eigenvalue weighted by molar-refractivity contribution is 7.89. The number of nitrogens with zero attached hydrogens (tertiary/aromatic N) is 1. The molecular weight excluding hydrogens is 387 g/mol. The second-order valence-electron chi connectivity index (χ2n) is 6.11. The number of nitrogens with one attached hydrogen (secondary N) is 1. The van der Waals surface area contributed by atoms with Gasteiger partial charge < -0.3 is 14.8 Å². The molecule has 0 aliphatic carbocycles. The first-order valence-corrected chi connectivity index (χ1v) is 9.99. The minimum Gasteiger partial charge on any atom is -0.492 e. The van der Waals surface area contributed by atoms with Gasteiger partial charge in [-0.1, -0.05) is 0 Å². The lowest BCUT2D eigenvalue weighted by molar-refractivity contribution is -0.127. The van der Waals surface area contributed by atoms with Gasteiger partial charge in [-0.3, -0.25) is 4.79 Å². The van der Waals surface area contributed by atoms with E-state index in [4.69, 9.17) is 9.47 Å². The maximum absolute atomic E-state index is 12.9. The fourth-order valence-electron chi connectivity index (χ4n) is 2.18. The van der Waals surface area contributed by atoms with Crippen molar-refractivity contribution in [2.24, 2.45) is 0 Å². The van der Waals surface area contributed by atoms with Crippen LogP contribution in [0.2, 0.25) is 0 Å². The normalized spacial score (nSPS) is 12.5. The summed E-state index contributed by atoms with van der Waals surface area (Å²) in [5.41, 5.74) is 0. The molecule has 0 spiro atoms. The lowest BCUT2D eigenvalue weighted by atomic mass is 10.3. The number of benzene rings is 2. The Morgan fingerprint density at radius 1 is 1.07 bits per heavy atom. The van der Waals surface area contributed by atoms with E-state index in [1.807, 2.05) is 0 Å². The van der Waals surface area contributed by atoms with Crippen molar-refractivity contribution >= 4 is 15.9 Å². The second kappa shape index (κ2) is 9.52. The van der Waals surface area contributed by atoms with Gasteiger partial charge in [0.25, 0.3) is 5.91 Å². The van der Waals surface area contributed by atoms with Crippen molar-refractivity contribution in [3.8, 4) is 11.5 Å². The van der Waals surface area contributed by atoms with Crippen molar-refractivity contribution in [2.45, 2.75) is 17.9 Å². The van der Waals surface area contributed by atoms with E-state index in [1.165, 1.54) is 50.5 Å². The lowest BCUT2D eigenvalue weighted by Gasteiger charge is -2.15. The second-order valence-corrected chi connectivity index (χ2v) is 8.26. The highest BCUT2D eigenvalue weighted by Gasteiger charge is 2.17. The van der Waals surface area contributed by atoms with Crippen molar-refractivity contribution in [1.82, 2.24) is 9.62 Å². The molecule has 0 aliphatic heterocycles. The highest BCUT2D eigenvalue weighted by Crippen LogP contribution is 2.18. The molecule has 0 bridgehead atoms. The number of halogens is 1. The van der Waals surface area contributed by atoms with Crippen LogP contribution in [0.25, 0.3) is 0 Å². The molecule has 2 aromatic carbocycles. The molecule has 7 nitrogen and oxygen atoms in total. The Morgan fingerprint density at radius 2 is 1.64 bits per heavy atom. The topological polar surface area (TPSA) is 84.9 Å². The molecule has 152 valence electrons. The fraction of sp³-hybridized carbons (Fsp3) is 0.316. The number of carbonyl (C=O) groups is 1. The SMILES string of the molecule is C[C@H](Oc1ccc(F)cc1)C(=O)NCCOc1ccc(S(=O)(=O)N(C)C)cc1. The zero-order valence-electron chi connectivity index (χ0n) is 15.9. The van der Waals surface area contributed by atoms with Crippen molar-refractivity contribution in [2.75, 3.05) is 27.2 Å². The zero-order chi connectivity index (χ0) is 20.7. The standard InChI is InChI=1S/C19H23FN2O5S/c1-14(27-17-6-4-15(20)5-7-17)19(23)21-12-13-26-16-8-10-18(11-9-16)28(24,25)22(2)3/h4-11,14H,12-13H2,1-3H3,(H,21,23)/t14-/m0/s1. The number of rotatable bonds is 9. The fourth-order valence-corrected chi connectivity index (χ4v) is 3.08. The van der Waals surface area contributed by atoms with Gasteiger partial charge in [0.1, 0.15) is 23.9 Å². The monoisotopic (exact) mass is 410 g/mol. The Bertz CT molecular complexity index is 884. The summed E-state index contributed by atoms with van der Waals surface area (Å²) in [6.07, 6.45) is -0.749. The van der Waals surface area contributed by atoms with E-state index in [1.54, 1.807) is 19.1 Å². The average Bonchev–Trinajstić information content (AvgIpc) is 2.67. The molecule has 0 radical (unpaired) electrons. The molecule has 0 aromatic heterocycles. The Balaban J connectivity index is 1.76. The van der Waals surface area contributed by atoms with Gasteiger partial charge in [0.05, 0.1) is 11.4 Å². The Labute approximate surface area is 164 Å². The number of amides is 1. The number of carbonyl (C=O) groups excluding carboxylic acids is 1. The van der Waals surface area contributed by atoms with Gasteiger partial charge in [-0.15, -0.1) is 0 Å². The van der Waals surface area contributed by atoms with Crippen LogP contribution in [-0.2, 0) is 14.8 Å². The summed E-state index contributed by atoms with van der Waals surface area (Å²) in [5.74, 6) is 0.171. The summed E-state index contributed by atoms with van der Waals surface area (Å²) in [4.78, 5) is 12.2. The summed E-state index contributed by atoms with van der Waals surface area (Å²) in [5, 5.41) is 2.67. The minimum atomic E-state index is -3.48. The molecule has 1 N–H and O–H groups in total. The third-order valence-corrected chi connectivity index (χ3v) is 5.60. The molecule has 0 saturated heterocycles. The predicted molar refractivity (Wildman–Crippen MR) is 102 cm³/mol. The van der Waals surface area contributed by atoms with Gasteiger partial charge in [0.2, 0.25) is 10.0 Å². The highest BCUT2D eigenvalue weighted by atomic mass is 32.2. The van der Waals surface area contributed by atoms with Crippen LogP contribution in [0.3, 0.4) is 0 Å². The molecular formula is C19H23FN2O5S. The van der Waals surface area contributed by atoms with Crippen LogP contribution in [0.15, 0.2) is 53.4 Å². The number of hydrogen-bond acceptors (Lipinski definition) is 5. The van der Waals surface area contributed by atoms with Gasteiger partial charge in [-0.25, -0.2) is 17.1 Å². The van der Waals surface area contributed by atoms with Gasteiger partial charge in [0.15, 0.2) is 6.10 Å².